The molecule has 0 atom stereocenters. The Morgan fingerprint density at radius 1 is 1.03 bits per heavy atom. The SMILES string of the molecule is C=CCOC(=O)c1cc(-c2ccc(/C=C3/C(=O)NN(c4ccc(Cl)c(Cl)c4)C3=O)o2)ccc1Cl. The number of esters is 1. The zero-order valence-corrected chi connectivity index (χ0v) is 19.6. The van der Waals surface area contributed by atoms with Crippen molar-refractivity contribution in [2.24, 2.45) is 0 Å². The van der Waals surface area contributed by atoms with Gasteiger partial charge >= 0.3 is 5.97 Å². The van der Waals surface area contributed by atoms with E-state index < -0.39 is 17.8 Å². The van der Waals surface area contributed by atoms with Crippen LogP contribution in [0.4, 0.5) is 5.69 Å². The summed E-state index contributed by atoms with van der Waals surface area (Å²) in [5.74, 6) is -1.13. The number of nitrogens with one attached hydrogen (secondary N) is 1. The average molecular weight is 518 g/mol. The molecule has 2 amide bonds. The van der Waals surface area contributed by atoms with Crippen LogP contribution in [0.15, 0.2) is 71.2 Å². The highest BCUT2D eigenvalue weighted by atomic mass is 35.5. The maximum Gasteiger partial charge on any atom is 0.339 e. The van der Waals surface area contributed by atoms with Crippen LogP contribution in [0.5, 0.6) is 0 Å². The average Bonchev–Trinajstić information content (AvgIpc) is 3.40. The van der Waals surface area contributed by atoms with Gasteiger partial charge in [-0.25, -0.2) is 9.80 Å². The van der Waals surface area contributed by atoms with Crippen LogP contribution in [0.1, 0.15) is 16.1 Å². The number of anilines is 1. The van der Waals surface area contributed by atoms with Gasteiger partial charge in [-0.2, -0.15) is 0 Å². The second-order valence-corrected chi connectivity index (χ2v) is 8.24. The molecule has 172 valence electrons. The number of hydrogen-bond acceptors (Lipinski definition) is 5. The molecular formula is C24H15Cl3N2O5. The molecule has 10 heteroatoms. The van der Waals surface area contributed by atoms with Crippen LogP contribution >= 0.6 is 34.8 Å². The van der Waals surface area contributed by atoms with Crippen LogP contribution in [0.25, 0.3) is 17.4 Å². The molecule has 7 nitrogen and oxygen atoms in total. The third kappa shape index (κ3) is 4.72. The van der Waals surface area contributed by atoms with Crippen LogP contribution in [0.2, 0.25) is 15.1 Å². The quantitative estimate of drug-likeness (QED) is 0.196. The second-order valence-electron chi connectivity index (χ2n) is 7.02. The molecule has 1 aromatic heterocycles. The van der Waals surface area contributed by atoms with E-state index in [0.717, 1.165) is 5.01 Å². The summed E-state index contributed by atoms with van der Waals surface area (Å²) in [5, 5.41) is 1.86. The van der Waals surface area contributed by atoms with E-state index in [-0.39, 0.29) is 33.5 Å². The molecule has 2 heterocycles. The summed E-state index contributed by atoms with van der Waals surface area (Å²) in [6.07, 6.45) is 2.78. The highest BCUT2D eigenvalue weighted by Gasteiger charge is 2.35. The van der Waals surface area contributed by atoms with E-state index in [2.05, 4.69) is 12.0 Å². The molecule has 0 saturated carbocycles. The van der Waals surface area contributed by atoms with Gasteiger partial charge < -0.3 is 9.15 Å². The van der Waals surface area contributed by atoms with Crippen molar-refractivity contribution in [2.45, 2.75) is 0 Å². The van der Waals surface area contributed by atoms with Crippen LogP contribution in [0.3, 0.4) is 0 Å². The number of benzene rings is 2. The fraction of sp³-hybridized carbons (Fsp3) is 0.0417. The normalized spacial score (nSPS) is 14.4. The third-order valence-corrected chi connectivity index (χ3v) is 5.84. The minimum atomic E-state index is -0.604. The zero-order valence-electron chi connectivity index (χ0n) is 17.3. The van der Waals surface area contributed by atoms with Crippen molar-refractivity contribution in [3.63, 3.8) is 0 Å². The summed E-state index contributed by atoms with van der Waals surface area (Å²) in [6, 6.07) is 12.5. The highest BCUT2D eigenvalue weighted by Crippen LogP contribution is 2.31. The van der Waals surface area contributed by atoms with E-state index in [1.165, 1.54) is 30.4 Å². The minimum Gasteiger partial charge on any atom is -0.458 e. The first kappa shape index (κ1) is 23.6. The molecule has 3 aromatic rings. The maximum atomic E-state index is 12.8. The van der Waals surface area contributed by atoms with Gasteiger partial charge in [0.25, 0.3) is 11.8 Å². The lowest BCUT2D eigenvalue weighted by Crippen LogP contribution is -2.35. The number of carbonyl (C=O) groups is 3. The van der Waals surface area contributed by atoms with Crippen LogP contribution in [0, 0.1) is 0 Å². The molecule has 4 rings (SSSR count). The van der Waals surface area contributed by atoms with Crippen LogP contribution in [-0.2, 0) is 14.3 Å². The number of hydrazine groups is 1. The summed E-state index contributed by atoms with van der Waals surface area (Å²) in [7, 11) is 0. The van der Waals surface area contributed by atoms with Gasteiger partial charge in [-0.05, 0) is 54.6 Å². The third-order valence-electron chi connectivity index (χ3n) is 4.77. The molecule has 0 bridgehead atoms. The van der Waals surface area contributed by atoms with Gasteiger partial charge in [0.1, 0.15) is 23.7 Å². The summed E-state index contributed by atoms with van der Waals surface area (Å²) in [4.78, 5) is 37.5. The van der Waals surface area contributed by atoms with E-state index in [0.29, 0.717) is 22.0 Å². The Morgan fingerprint density at radius 2 is 1.79 bits per heavy atom. The summed E-state index contributed by atoms with van der Waals surface area (Å²) in [6.45, 7) is 3.55. The molecule has 1 fully saturated rings. The second kappa shape index (κ2) is 9.77. The van der Waals surface area contributed by atoms with E-state index in [1.807, 2.05) is 0 Å². The maximum absolute atomic E-state index is 12.8. The molecule has 1 aliphatic heterocycles. The molecule has 0 radical (unpaired) electrons. The smallest absolute Gasteiger partial charge is 0.339 e. The fourth-order valence-corrected chi connectivity index (χ4v) is 3.63. The van der Waals surface area contributed by atoms with Crippen LogP contribution in [-0.4, -0.2) is 24.4 Å². The number of furan rings is 1. The number of carbonyl (C=O) groups excluding carboxylic acids is 3. The van der Waals surface area contributed by atoms with Crippen molar-refractivity contribution >= 4 is 64.3 Å². The van der Waals surface area contributed by atoms with Crippen molar-refractivity contribution in [3.05, 3.63) is 93.2 Å². The Hall–Kier alpha value is -3.52. The fourth-order valence-electron chi connectivity index (χ4n) is 3.14. The Kier molecular flexibility index (Phi) is 6.79. The largest absolute Gasteiger partial charge is 0.458 e. The molecule has 0 aliphatic carbocycles. The Labute approximate surface area is 209 Å². The molecule has 1 saturated heterocycles. The van der Waals surface area contributed by atoms with Crippen LogP contribution < -0.4 is 10.4 Å². The van der Waals surface area contributed by atoms with Gasteiger partial charge in [0, 0.05) is 5.56 Å². The first-order valence-corrected chi connectivity index (χ1v) is 10.9. The zero-order chi connectivity index (χ0) is 24.4. The Morgan fingerprint density at radius 3 is 2.53 bits per heavy atom. The minimum absolute atomic E-state index is 0.0488. The van der Waals surface area contributed by atoms with Gasteiger partial charge in [0.15, 0.2) is 0 Å². The number of halogens is 3. The molecule has 0 spiro atoms. The number of rotatable bonds is 6. The van der Waals surface area contributed by atoms with Crippen molar-refractivity contribution in [3.8, 4) is 11.3 Å². The molecule has 0 unspecified atom stereocenters. The first-order chi connectivity index (χ1) is 16.3. The molecule has 2 aromatic carbocycles. The first-order valence-electron chi connectivity index (χ1n) is 9.78. The lowest BCUT2D eigenvalue weighted by atomic mass is 10.1. The lowest BCUT2D eigenvalue weighted by molar-refractivity contribution is -0.117. The van der Waals surface area contributed by atoms with Crippen molar-refractivity contribution in [2.75, 3.05) is 11.6 Å². The summed E-state index contributed by atoms with van der Waals surface area (Å²) >= 11 is 18.1. The van der Waals surface area contributed by atoms with Gasteiger partial charge in [-0.15, -0.1) is 0 Å². The topological polar surface area (TPSA) is 88.9 Å². The number of hydrogen-bond donors (Lipinski definition) is 1. The standard InChI is InChI=1S/C24H15Cl3N2O5/c1-2-9-33-24(32)16-10-13(3-6-18(16)25)21-8-5-15(34-21)12-17-22(30)28-29(23(17)31)14-4-7-19(26)20(27)11-14/h2-8,10-12H,1,9H2,(H,28,30)/b17-12-. The van der Waals surface area contributed by atoms with Crippen molar-refractivity contribution < 1.29 is 23.5 Å². The van der Waals surface area contributed by atoms with Gasteiger partial charge in [-0.1, -0.05) is 47.5 Å². The summed E-state index contributed by atoms with van der Waals surface area (Å²) in [5.41, 5.74) is 3.43. The molecule has 1 N–H and O–H groups in total. The number of nitrogens with zero attached hydrogens (tertiary/aromatic N) is 1. The van der Waals surface area contributed by atoms with Gasteiger partial charge in [0.2, 0.25) is 0 Å². The lowest BCUT2D eigenvalue weighted by Gasteiger charge is -2.15. The van der Waals surface area contributed by atoms with E-state index in [1.54, 1.807) is 30.3 Å². The van der Waals surface area contributed by atoms with Crippen molar-refractivity contribution in [1.82, 2.24) is 5.43 Å². The molecular weight excluding hydrogens is 503 g/mol. The van der Waals surface area contributed by atoms with Gasteiger partial charge in [-0.3, -0.25) is 15.0 Å². The van der Waals surface area contributed by atoms with E-state index >= 15 is 0 Å². The Bertz CT molecular complexity index is 1360. The van der Waals surface area contributed by atoms with Gasteiger partial charge in [0.05, 0.1) is 26.3 Å². The predicted octanol–water partition coefficient (Wildman–Crippen LogP) is 5.71. The molecule has 1 aliphatic rings. The van der Waals surface area contributed by atoms with E-state index in [9.17, 15) is 14.4 Å². The predicted molar refractivity (Wildman–Crippen MR) is 130 cm³/mol. The number of ether oxygens (including phenoxy) is 1. The number of amides is 2. The van der Waals surface area contributed by atoms with E-state index in [4.69, 9.17) is 44.0 Å². The highest BCUT2D eigenvalue weighted by molar-refractivity contribution is 6.42. The monoisotopic (exact) mass is 516 g/mol. The molecule has 34 heavy (non-hydrogen) atoms. The van der Waals surface area contributed by atoms with Crippen molar-refractivity contribution in [1.29, 1.82) is 0 Å². The Balaban J connectivity index is 1.59. The summed E-state index contributed by atoms with van der Waals surface area (Å²) < 4.78 is 10.8.